The number of benzene rings is 2. The van der Waals surface area contributed by atoms with Gasteiger partial charge in [0, 0.05) is 25.2 Å². The van der Waals surface area contributed by atoms with Crippen molar-refractivity contribution in [2.45, 2.75) is 38.1 Å². The van der Waals surface area contributed by atoms with E-state index in [1.54, 1.807) is 29.0 Å². The van der Waals surface area contributed by atoms with Gasteiger partial charge in [0.25, 0.3) is 5.91 Å². The molecular formula is C29H28F3N3O4. The van der Waals surface area contributed by atoms with Crippen molar-refractivity contribution >= 4 is 11.8 Å². The largest absolute Gasteiger partial charge is 0.493 e. The van der Waals surface area contributed by atoms with Crippen LogP contribution in [0.4, 0.5) is 13.2 Å². The van der Waals surface area contributed by atoms with Gasteiger partial charge in [-0.3, -0.25) is 9.59 Å². The van der Waals surface area contributed by atoms with Gasteiger partial charge >= 0.3 is 6.18 Å². The van der Waals surface area contributed by atoms with Crippen LogP contribution in [0.25, 0.3) is 0 Å². The quantitative estimate of drug-likeness (QED) is 0.437. The number of aromatic nitrogens is 1. The zero-order valence-corrected chi connectivity index (χ0v) is 21.6. The fourth-order valence-electron chi connectivity index (χ4n) is 5.07. The molecule has 0 N–H and O–H groups in total. The average Bonchev–Trinajstić information content (AvgIpc) is 2.86. The average molecular weight is 540 g/mol. The smallest absolute Gasteiger partial charge is 0.433 e. The maximum atomic E-state index is 13.6. The molecule has 2 aliphatic rings. The summed E-state index contributed by atoms with van der Waals surface area (Å²) < 4.78 is 50.4. The topological polar surface area (TPSA) is 72.0 Å². The Balaban J connectivity index is 1.25. The minimum absolute atomic E-state index is 0.0641. The number of aryl methyl sites for hydroxylation is 1. The first-order valence-electron chi connectivity index (χ1n) is 12.6. The summed E-state index contributed by atoms with van der Waals surface area (Å²) in [5.74, 6) is 0.521. The second kappa shape index (κ2) is 10.2. The number of likely N-dealkylation sites (tertiary alicyclic amines) is 2. The second-order valence-electron chi connectivity index (χ2n) is 9.96. The SMILES string of the molecule is COc1cc(C)c(C(=O)N2CCC23CN(C(=O)Cc2cccc(C(F)(F)F)n2)C3)cc1OCc1ccccc1. The van der Waals surface area contributed by atoms with E-state index in [4.69, 9.17) is 9.47 Å². The first kappa shape index (κ1) is 26.5. The summed E-state index contributed by atoms with van der Waals surface area (Å²) in [6.45, 7) is 3.38. The number of halogens is 3. The number of hydrogen-bond acceptors (Lipinski definition) is 5. The summed E-state index contributed by atoms with van der Waals surface area (Å²) in [6, 6.07) is 16.7. The lowest BCUT2D eigenvalue weighted by atomic mass is 9.76. The number of alkyl halides is 3. The highest BCUT2D eigenvalue weighted by molar-refractivity contribution is 5.98. The highest BCUT2D eigenvalue weighted by Crippen LogP contribution is 2.42. The number of rotatable bonds is 7. The Morgan fingerprint density at radius 2 is 1.77 bits per heavy atom. The zero-order valence-electron chi connectivity index (χ0n) is 21.6. The Labute approximate surface area is 224 Å². The second-order valence-corrected chi connectivity index (χ2v) is 9.96. The van der Waals surface area contributed by atoms with Crippen molar-refractivity contribution in [3.05, 3.63) is 88.7 Å². The van der Waals surface area contributed by atoms with Crippen LogP contribution in [-0.2, 0) is 24.0 Å². The van der Waals surface area contributed by atoms with Gasteiger partial charge in [-0.25, -0.2) is 4.98 Å². The maximum Gasteiger partial charge on any atom is 0.433 e. The van der Waals surface area contributed by atoms with Crippen molar-refractivity contribution in [3.63, 3.8) is 0 Å². The zero-order chi connectivity index (χ0) is 27.8. The Hall–Kier alpha value is -4.08. The molecule has 0 bridgehead atoms. The number of methoxy groups -OCH3 is 1. The molecule has 2 aliphatic heterocycles. The van der Waals surface area contributed by atoms with E-state index in [1.807, 2.05) is 37.3 Å². The molecule has 0 saturated carbocycles. The Kier molecular flexibility index (Phi) is 6.96. The van der Waals surface area contributed by atoms with Gasteiger partial charge in [-0.2, -0.15) is 13.2 Å². The van der Waals surface area contributed by atoms with Crippen LogP contribution >= 0.6 is 0 Å². The number of ether oxygens (including phenoxy) is 2. The molecule has 2 amide bonds. The van der Waals surface area contributed by atoms with Crippen LogP contribution in [0, 0.1) is 6.92 Å². The predicted molar refractivity (Wildman–Crippen MR) is 136 cm³/mol. The fraction of sp³-hybridized carbons (Fsp3) is 0.345. The minimum atomic E-state index is -4.57. The summed E-state index contributed by atoms with van der Waals surface area (Å²) in [7, 11) is 1.55. The van der Waals surface area contributed by atoms with Crippen LogP contribution in [0.15, 0.2) is 60.7 Å². The van der Waals surface area contributed by atoms with E-state index in [-0.39, 0.29) is 23.9 Å². The van der Waals surface area contributed by atoms with Crippen LogP contribution in [0.1, 0.15) is 39.3 Å². The molecule has 3 aromatic rings. The van der Waals surface area contributed by atoms with Crippen molar-refractivity contribution in [2.75, 3.05) is 26.7 Å². The Morgan fingerprint density at radius 3 is 2.41 bits per heavy atom. The first-order valence-corrected chi connectivity index (χ1v) is 12.6. The van der Waals surface area contributed by atoms with Gasteiger partial charge in [-0.15, -0.1) is 0 Å². The number of pyridine rings is 1. The van der Waals surface area contributed by atoms with Crippen molar-refractivity contribution in [1.82, 2.24) is 14.8 Å². The fourth-order valence-corrected chi connectivity index (χ4v) is 5.07. The summed E-state index contributed by atoms with van der Waals surface area (Å²) in [5.41, 5.74) is 0.796. The molecule has 0 unspecified atom stereocenters. The van der Waals surface area contributed by atoms with Crippen molar-refractivity contribution in [3.8, 4) is 11.5 Å². The van der Waals surface area contributed by atoms with Crippen LogP contribution in [-0.4, -0.2) is 58.9 Å². The predicted octanol–water partition coefficient (Wildman–Crippen LogP) is 4.67. The molecule has 2 saturated heterocycles. The Morgan fingerprint density at radius 1 is 1.03 bits per heavy atom. The molecule has 0 atom stereocenters. The molecule has 39 heavy (non-hydrogen) atoms. The Bertz CT molecular complexity index is 1390. The lowest BCUT2D eigenvalue weighted by Crippen LogP contribution is -2.78. The molecule has 5 rings (SSSR count). The maximum absolute atomic E-state index is 13.6. The number of carbonyl (C=O) groups excluding carboxylic acids is 2. The molecular weight excluding hydrogens is 511 g/mol. The molecule has 7 nitrogen and oxygen atoms in total. The van der Waals surface area contributed by atoms with E-state index in [9.17, 15) is 22.8 Å². The monoisotopic (exact) mass is 539 g/mol. The van der Waals surface area contributed by atoms with Gasteiger partial charge in [0.2, 0.25) is 5.91 Å². The van der Waals surface area contributed by atoms with E-state index in [0.717, 1.165) is 23.6 Å². The molecule has 10 heteroatoms. The van der Waals surface area contributed by atoms with E-state index in [0.29, 0.717) is 43.3 Å². The standard InChI is InChI=1S/C29H28F3N3O4/c1-19-13-23(38-2)24(39-16-20-7-4-3-5-8-20)15-22(19)27(37)35-12-11-28(35)17-34(18-28)26(36)14-21-9-6-10-25(33-21)29(30,31)32/h3-10,13,15H,11-12,14,16-18H2,1-2H3. The minimum Gasteiger partial charge on any atom is -0.493 e. The number of carbonyl (C=O) groups is 2. The van der Waals surface area contributed by atoms with Gasteiger partial charge in [-0.1, -0.05) is 36.4 Å². The summed E-state index contributed by atoms with van der Waals surface area (Å²) >= 11 is 0. The van der Waals surface area contributed by atoms with Gasteiger partial charge in [0.15, 0.2) is 11.5 Å². The lowest BCUT2D eigenvalue weighted by molar-refractivity contribution is -0.153. The van der Waals surface area contributed by atoms with Gasteiger partial charge in [-0.05, 0) is 48.7 Å². The molecule has 0 aliphatic carbocycles. The normalized spacial score (nSPS) is 15.9. The molecule has 1 spiro atoms. The van der Waals surface area contributed by atoms with Crippen LogP contribution in [0.2, 0.25) is 0 Å². The lowest BCUT2D eigenvalue weighted by Gasteiger charge is -2.62. The number of nitrogens with zero attached hydrogens (tertiary/aromatic N) is 3. The van der Waals surface area contributed by atoms with E-state index >= 15 is 0 Å². The molecule has 3 heterocycles. The van der Waals surface area contributed by atoms with Crippen LogP contribution < -0.4 is 9.47 Å². The van der Waals surface area contributed by atoms with E-state index in [2.05, 4.69) is 4.98 Å². The molecule has 1 aromatic heterocycles. The number of amides is 2. The third-order valence-electron chi connectivity index (χ3n) is 7.35. The van der Waals surface area contributed by atoms with Crippen molar-refractivity contribution < 1.29 is 32.2 Å². The molecule has 2 fully saturated rings. The highest BCUT2D eigenvalue weighted by Gasteiger charge is 2.56. The third kappa shape index (κ3) is 5.28. The summed E-state index contributed by atoms with van der Waals surface area (Å²) in [6.07, 6.45) is -4.05. The van der Waals surface area contributed by atoms with E-state index < -0.39 is 17.4 Å². The molecule has 2 aromatic carbocycles. The highest BCUT2D eigenvalue weighted by atomic mass is 19.4. The molecule has 204 valence electrons. The molecule has 0 radical (unpaired) electrons. The number of hydrogen-bond donors (Lipinski definition) is 0. The van der Waals surface area contributed by atoms with Crippen LogP contribution in [0.3, 0.4) is 0 Å². The van der Waals surface area contributed by atoms with Gasteiger partial charge in [0.05, 0.1) is 24.8 Å². The van der Waals surface area contributed by atoms with Gasteiger partial charge < -0.3 is 19.3 Å². The first-order chi connectivity index (χ1) is 18.6. The summed E-state index contributed by atoms with van der Waals surface area (Å²) in [5, 5.41) is 0. The van der Waals surface area contributed by atoms with Crippen LogP contribution in [0.5, 0.6) is 11.5 Å². The van der Waals surface area contributed by atoms with Crippen molar-refractivity contribution in [2.24, 2.45) is 0 Å². The third-order valence-corrected chi connectivity index (χ3v) is 7.35. The summed E-state index contributed by atoms with van der Waals surface area (Å²) in [4.78, 5) is 33.3. The van der Waals surface area contributed by atoms with E-state index in [1.165, 1.54) is 12.1 Å². The van der Waals surface area contributed by atoms with Crippen molar-refractivity contribution in [1.29, 1.82) is 0 Å². The van der Waals surface area contributed by atoms with Gasteiger partial charge in [0.1, 0.15) is 12.3 Å².